The summed E-state index contributed by atoms with van der Waals surface area (Å²) in [6.45, 7) is 10.9. The molecule has 0 aromatic carbocycles. The van der Waals surface area contributed by atoms with Gasteiger partial charge < -0.3 is 15.0 Å². The van der Waals surface area contributed by atoms with Gasteiger partial charge in [0.2, 0.25) is 0 Å². The molecule has 1 saturated carbocycles. The van der Waals surface area contributed by atoms with Gasteiger partial charge in [-0.1, -0.05) is 0 Å². The van der Waals surface area contributed by atoms with E-state index < -0.39 is 0 Å². The Morgan fingerprint density at radius 2 is 2.05 bits per heavy atom. The number of methoxy groups -OCH3 is 1. The van der Waals surface area contributed by atoms with Crippen LogP contribution < -0.4 is 10.2 Å². The highest BCUT2D eigenvalue weighted by atomic mass is 16.5. The molecule has 1 heterocycles. The lowest BCUT2D eigenvalue weighted by atomic mass is 10.1. The van der Waals surface area contributed by atoms with Gasteiger partial charge in [0, 0.05) is 31.8 Å². The summed E-state index contributed by atoms with van der Waals surface area (Å²) in [5.74, 6) is 3.61. The first kappa shape index (κ1) is 16.0. The zero-order chi connectivity index (χ0) is 15.4. The molecule has 5 heteroatoms. The Labute approximate surface area is 128 Å². The molecule has 5 nitrogen and oxygen atoms in total. The molecule has 1 unspecified atom stereocenters. The molecule has 1 aliphatic carbocycles. The zero-order valence-electron chi connectivity index (χ0n) is 13.9. The molecule has 21 heavy (non-hydrogen) atoms. The Morgan fingerprint density at radius 1 is 1.33 bits per heavy atom. The monoisotopic (exact) mass is 292 g/mol. The predicted molar refractivity (Wildman–Crippen MR) is 87.1 cm³/mol. The summed E-state index contributed by atoms with van der Waals surface area (Å²) in [5.41, 5.74) is 1.13. The van der Waals surface area contributed by atoms with E-state index in [9.17, 15) is 0 Å². The molecule has 0 bridgehead atoms. The summed E-state index contributed by atoms with van der Waals surface area (Å²) in [4.78, 5) is 11.6. The van der Waals surface area contributed by atoms with Crippen LogP contribution in [0.4, 0.5) is 11.6 Å². The van der Waals surface area contributed by atoms with E-state index in [2.05, 4.69) is 36.0 Å². The molecule has 0 amide bonds. The Hall–Kier alpha value is -1.36. The fourth-order valence-electron chi connectivity index (χ4n) is 2.76. The van der Waals surface area contributed by atoms with E-state index in [0.29, 0.717) is 6.04 Å². The van der Waals surface area contributed by atoms with Crippen LogP contribution in [0.15, 0.2) is 0 Å². The van der Waals surface area contributed by atoms with Crippen LogP contribution in [-0.4, -0.2) is 42.8 Å². The summed E-state index contributed by atoms with van der Waals surface area (Å²) in [5, 5.41) is 3.34. The van der Waals surface area contributed by atoms with E-state index in [1.165, 1.54) is 12.8 Å². The Balaban J connectivity index is 2.33. The van der Waals surface area contributed by atoms with Crippen molar-refractivity contribution in [2.75, 3.05) is 37.0 Å². The number of anilines is 2. The molecular weight excluding hydrogens is 264 g/mol. The maximum absolute atomic E-state index is 5.29. The van der Waals surface area contributed by atoms with Crippen LogP contribution in [0.5, 0.6) is 0 Å². The fraction of sp³-hybridized carbons (Fsp3) is 0.750. The van der Waals surface area contributed by atoms with Crippen LogP contribution in [0.2, 0.25) is 0 Å². The number of ether oxygens (including phenoxy) is 1. The molecule has 0 radical (unpaired) electrons. The number of hydrogen-bond acceptors (Lipinski definition) is 5. The van der Waals surface area contributed by atoms with Crippen molar-refractivity contribution in [2.45, 2.75) is 46.6 Å². The van der Waals surface area contributed by atoms with Gasteiger partial charge in [0.1, 0.15) is 17.5 Å². The van der Waals surface area contributed by atoms with Crippen molar-refractivity contribution < 1.29 is 4.74 Å². The van der Waals surface area contributed by atoms with Crippen molar-refractivity contribution in [3.05, 3.63) is 11.4 Å². The smallest absolute Gasteiger partial charge is 0.137 e. The lowest BCUT2D eigenvalue weighted by Gasteiger charge is -2.32. The summed E-state index contributed by atoms with van der Waals surface area (Å²) < 4.78 is 5.29. The van der Waals surface area contributed by atoms with Crippen LogP contribution in [-0.2, 0) is 4.74 Å². The molecule has 1 N–H and O–H groups in total. The van der Waals surface area contributed by atoms with Crippen LogP contribution >= 0.6 is 0 Å². The third-order valence-corrected chi connectivity index (χ3v) is 4.18. The molecule has 118 valence electrons. The second kappa shape index (κ2) is 7.07. The summed E-state index contributed by atoms with van der Waals surface area (Å²) in [7, 11) is 1.75. The van der Waals surface area contributed by atoms with Gasteiger partial charge in [-0.2, -0.15) is 0 Å². The highest BCUT2D eigenvalue weighted by molar-refractivity contribution is 5.59. The van der Waals surface area contributed by atoms with Crippen molar-refractivity contribution >= 4 is 11.6 Å². The first-order chi connectivity index (χ1) is 10.1. The van der Waals surface area contributed by atoms with Crippen LogP contribution in [0.25, 0.3) is 0 Å². The minimum Gasteiger partial charge on any atom is -0.383 e. The molecule has 0 saturated heterocycles. The van der Waals surface area contributed by atoms with Crippen LogP contribution in [0.1, 0.15) is 38.1 Å². The van der Waals surface area contributed by atoms with Gasteiger partial charge >= 0.3 is 0 Å². The van der Waals surface area contributed by atoms with E-state index in [-0.39, 0.29) is 0 Å². The van der Waals surface area contributed by atoms with E-state index in [0.717, 1.165) is 48.6 Å². The van der Waals surface area contributed by atoms with E-state index in [1.807, 2.05) is 6.92 Å². The van der Waals surface area contributed by atoms with Gasteiger partial charge in [-0.3, -0.25) is 0 Å². The third-order valence-electron chi connectivity index (χ3n) is 4.18. The summed E-state index contributed by atoms with van der Waals surface area (Å²) in [6.07, 6.45) is 2.65. The van der Waals surface area contributed by atoms with Crippen molar-refractivity contribution in [2.24, 2.45) is 5.92 Å². The molecule has 1 fully saturated rings. The maximum Gasteiger partial charge on any atom is 0.137 e. The first-order valence-electron chi connectivity index (χ1n) is 7.93. The second-order valence-corrected chi connectivity index (χ2v) is 5.86. The van der Waals surface area contributed by atoms with E-state index in [1.54, 1.807) is 7.11 Å². The van der Waals surface area contributed by atoms with Crippen LogP contribution in [0, 0.1) is 19.8 Å². The van der Waals surface area contributed by atoms with Gasteiger partial charge in [0.25, 0.3) is 0 Å². The maximum atomic E-state index is 5.29. The van der Waals surface area contributed by atoms with Crippen molar-refractivity contribution in [3.63, 3.8) is 0 Å². The second-order valence-electron chi connectivity index (χ2n) is 5.86. The van der Waals surface area contributed by atoms with Crippen molar-refractivity contribution in [3.8, 4) is 0 Å². The Kier molecular flexibility index (Phi) is 5.39. The van der Waals surface area contributed by atoms with Crippen molar-refractivity contribution in [1.82, 2.24) is 9.97 Å². The largest absolute Gasteiger partial charge is 0.383 e. The standard InChI is InChI=1S/C16H28N4O/c1-6-17-15-11(2)16(19-13(4)18-15)20(9-10-21-5)12(3)14-7-8-14/h12,14H,6-10H2,1-5H3,(H,17,18,19). The van der Waals surface area contributed by atoms with Gasteiger partial charge in [0.15, 0.2) is 0 Å². The Morgan fingerprint density at radius 3 is 2.62 bits per heavy atom. The Bertz CT molecular complexity index is 474. The highest BCUT2D eigenvalue weighted by Gasteiger charge is 2.33. The molecule has 1 aromatic rings. The molecule has 1 aliphatic rings. The first-order valence-corrected chi connectivity index (χ1v) is 7.93. The topological polar surface area (TPSA) is 50.3 Å². The highest BCUT2D eigenvalue weighted by Crippen LogP contribution is 2.37. The fourth-order valence-corrected chi connectivity index (χ4v) is 2.76. The number of aryl methyl sites for hydroxylation is 1. The number of nitrogens with zero attached hydrogens (tertiary/aromatic N) is 3. The van der Waals surface area contributed by atoms with E-state index >= 15 is 0 Å². The molecule has 2 rings (SSSR count). The lowest BCUT2D eigenvalue weighted by molar-refractivity contribution is 0.202. The third kappa shape index (κ3) is 3.84. The van der Waals surface area contributed by atoms with Gasteiger partial charge in [-0.05, 0) is 46.5 Å². The SMILES string of the molecule is CCNc1nc(C)nc(N(CCOC)C(C)C2CC2)c1C. The lowest BCUT2D eigenvalue weighted by Crippen LogP contribution is -2.38. The van der Waals surface area contributed by atoms with E-state index in [4.69, 9.17) is 9.72 Å². The van der Waals surface area contributed by atoms with Crippen LogP contribution in [0.3, 0.4) is 0 Å². The van der Waals surface area contributed by atoms with Gasteiger partial charge in [-0.25, -0.2) is 9.97 Å². The average molecular weight is 292 g/mol. The number of nitrogens with one attached hydrogen (secondary N) is 1. The number of rotatable bonds is 8. The molecule has 1 aromatic heterocycles. The molecule has 0 spiro atoms. The number of aromatic nitrogens is 2. The van der Waals surface area contributed by atoms with Gasteiger partial charge in [-0.15, -0.1) is 0 Å². The number of hydrogen-bond donors (Lipinski definition) is 1. The molecular formula is C16H28N4O. The minimum absolute atomic E-state index is 0.502. The van der Waals surface area contributed by atoms with Crippen molar-refractivity contribution in [1.29, 1.82) is 0 Å². The molecule has 0 aliphatic heterocycles. The predicted octanol–water partition coefficient (Wildman–Crippen LogP) is 2.78. The average Bonchev–Trinajstić information content (AvgIpc) is 3.28. The zero-order valence-corrected chi connectivity index (χ0v) is 13.9. The summed E-state index contributed by atoms with van der Waals surface area (Å²) in [6, 6.07) is 0.502. The summed E-state index contributed by atoms with van der Waals surface area (Å²) >= 11 is 0. The minimum atomic E-state index is 0.502. The molecule has 1 atom stereocenters. The quantitative estimate of drug-likeness (QED) is 0.798. The van der Waals surface area contributed by atoms with Gasteiger partial charge in [0.05, 0.1) is 6.61 Å². The normalized spacial score (nSPS) is 15.9.